The summed E-state index contributed by atoms with van der Waals surface area (Å²) in [6, 6.07) is 10.9. The third kappa shape index (κ3) is 6.57. The van der Waals surface area contributed by atoms with Crippen molar-refractivity contribution in [1.82, 2.24) is 0 Å². The first-order valence-electron chi connectivity index (χ1n) is 14.1. The summed E-state index contributed by atoms with van der Waals surface area (Å²) >= 11 is 0. The maximum atomic E-state index is 14.6. The van der Waals surface area contributed by atoms with Crippen LogP contribution in [0.15, 0.2) is 36.4 Å². The van der Waals surface area contributed by atoms with E-state index in [-0.39, 0.29) is 19.1 Å². The highest BCUT2D eigenvalue weighted by Crippen LogP contribution is 2.54. The van der Waals surface area contributed by atoms with E-state index in [2.05, 4.69) is 21.6 Å². The Morgan fingerprint density at radius 2 is 1.69 bits per heavy atom. The monoisotopic (exact) mass is 542 g/mol. The van der Waals surface area contributed by atoms with Gasteiger partial charge in [0, 0.05) is 50.6 Å². The van der Waals surface area contributed by atoms with Gasteiger partial charge in [-0.3, -0.25) is 4.79 Å². The molecule has 1 spiro atoms. The molecule has 0 radical (unpaired) electrons. The Balaban J connectivity index is 1.36. The molecule has 9 heteroatoms. The van der Waals surface area contributed by atoms with E-state index in [9.17, 15) is 13.6 Å². The van der Waals surface area contributed by atoms with Crippen molar-refractivity contribution in [2.75, 3.05) is 66.6 Å². The number of piperidine rings is 1. The van der Waals surface area contributed by atoms with Gasteiger partial charge in [0.1, 0.15) is 11.4 Å². The minimum Gasteiger partial charge on any atom is -0.461 e. The van der Waals surface area contributed by atoms with Crippen molar-refractivity contribution < 1.29 is 23.4 Å². The van der Waals surface area contributed by atoms with Crippen LogP contribution in [0.25, 0.3) is 0 Å². The van der Waals surface area contributed by atoms with Crippen molar-refractivity contribution in [3.8, 4) is 5.75 Å². The van der Waals surface area contributed by atoms with Crippen LogP contribution in [0, 0.1) is 5.41 Å². The number of hydrogen-bond acceptors (Lipinski definition) is 6. The van der Waals surface area contributed by atoms with Gasteiger partial charge in [0.15, 0.2) is 0 Å². The summed E-state index contributed by atoms with van der Waals surface area (Å²) in [5.41, 5.74) is 2.74. The molecule has 1 aliphatic carbocycles. The SMILES string of the molecule is CC1(F)CCN(c2cc(NC(=O)c3ccc(NCCCCO)cc3N3CCC4(CC3)CC4)ccc2OCF)C1. The van der Waals surface area contributed by atoms with Gasteiger partial charge < -0.3 is 30.3 Å². The first-order chi connectivity index (χ1) is 18.8. The van der Waals surface area contributed by atoms with Crippen LogP contribution < -0.4 is 25.2 Å². The molecule has 2 aromatic rings. The van der Waals surface area contributed by atoms with Crippen LogP contribution in [0.1, 0.15) is 62.2 Å². The van der Waals surface area contributed by atoms with Gasteiger partial charge in [0.2, 0.25) is 6.86 Å². The highest BCUT2D eigenvalue weighted by molar-refractivity contribution is 6.08. The van der Waals surface area contributed by atoms with Gasteiger partial charge in [-0.15, -0.1) is 0 Å². The molecule has 3 N–H and O–H groups in total. The lowest BCUT2D eigenvalue weighted by Gasteiger charge is -2.35. The smallest absolute Gasteiger partial charge is 0.257 e. The van der Waals surface area contributed by atoms with Gasteiger partial charge in [0.05, 0.1) is 23.5 Å². The van der Waals surface area contributed by atoms with Gasteiger partial charge >= 0.3 is 0 Å². The zero-order chi connectivity index (χ0) is 27.5. The number of aliphatic hydroxyl groups is 1. The molecule has 1 atom stereocenters. The van der Waals surface area contributed by atoms with E-state index in [0.29, 0.717) is 41.1 Å². The molecule has 1 saturated carbocycles. The molecule has 2 aromatic carbocycles. The van der Waals surface area contributed by atoms with Gasteiger partial charge in [-0.25, -0.2) is 8.78 Å². The molecule has 39 heavy (non-hydrogen) atoms. The van der Waals surface area contributed by atoms with Crippen LogP contribution in [-0.2, 0) is 0 Å². The molecular formula is C30H40F2N4O3. The molecule has 0 aromatic heterocycles. The van der Waals surface area contributed by atoms with E-state index in [1.165, 1.54) is 12.8 Å². The zero-order valence-corrected chi connectivity index (χ0v) is 22.8. The number of rotatable bonds is 11. The average Bonchev–Trinajstić information content (AvgIpc) is 3.58. The van der Waals surface area contributed by atoms with Crippen LogP contribution >= 0.6 is 0 Å². The average molecular weight is 543 g/mol. The highest BCUT2D eigenvalue weighted by atomic mass is 19.1. The summed E-state index contributed by atoms with van der Waals surface area (Å²) in [6.45, 7) is 4.01. The van der Waals surface area contributed by atoms with Crippen LogP contribution in [0.4, 0.5) is 31.5 Å². The molecule has 3 aliphatic rings. The molecule has 2 aliphatic heterocycles. The molecular weight excluding hydrogens is 502 g/mol. The number of halogens is 2. The second-order valence-electron chi connectivity index (χ2n) is 11.6. The normalized spacial score (nSPS) is 21.7. The fraction of sp³-hybridized carbons (Fsp3) is 0.567. The first kappa shape index (κ1) is 27.5. The second-order valence-corrected chi connectivity index (χ2v) is 11.6. The summed E-state index contributed by atoms with van der Waals surface area (Å²) in [4.78, 5) is 17.8. The Hall–Kier alpha value is -3.07. The van der Waals surface area contributed by atoms with E-state index in [0.717, 1.165) is 56.7 Å². The largest absolute Gasteiger partial charge is 0.461 e. The predicted molar refractivity (Wildman–Crippen MR) is 152 cm³/mol. The number of nitrogens with one attached hydrogen (secondary N) is 2. The van der Waals surface area contributed by atoms with Gasteiger partial charge in [-0.2, -0.15) is 0 Å². The minimum atomic E-state index is -1.33. The molecule has 0 bridgehead atoms. The lowest BCUT2D eigenvalue weighted by Crippen LogP contribution is -2.35. The number of alkyl halides is 2. The van der Waals surface area contributed by atoms with Crippen molar-refractivity contribution in [2.24, 2.45) is 5.41 Å². The van der Waals surface area contributed by atoms with Crippen LogP contribution in [0.3, 0.4) is 0 Å². The molecule has 7 nitrogen and oxygen atoms in total. The summed E-state index contributed by atoms with van der Waals surface area (Å²) in [6.07, 6.45) is 6.89. The quantitative estimate of drug-likeness (QED) is 0.314. The summed E-state index contributed by atoms with van der Waals surface area (Å²) < 4.78 is 32.8. The Labute approximate surface area is 229 Å². The highest BCUT2D eigenvalue weighted by Gasteiger charge is 2.44. The van der Waals surface area contributed by atoms with Crippen LogP contribution in [0.5, 0.6) is 5.75 Å². The molecule has 5 rings (SSSR count). The third-order valence-electron chi connectivity index (χ3n) is 8.47. The topological polar surface area (TPSA) is 77.1 Å². The number of nitrogens with zero attached hydrogens (tertiary/aromatic N) is 2. The number of amides is 1. The van der Waals surface area contributed by atoms with Gasteiger partial charge in [-0.05, 0) is 87.3 Å². The second kappa shape index (κ2) is 11.6. The number of carbonyl (C=O) groups excluding carboxylic acids is 1. The van der Waals surface area contributed by atoms with E-state index in [1.54, 1.807) is 25.1 Å². The number of anilines is 4. The lowest BCUT2D eigenvalue weighted by atomic mass is 9.93. The number of aliphatic hydroxyl groups excluding tert-OH is 1. The van der Waals surface area contributed by atoms with E-state index >= 15 is 0 Å². The summed E-state index contributed by atoms with van der Waals surface area (Å²) in [7, 11) is 0. The molecule has 212 valence electrons. The maximum Gasteiger partial charge on any atom is 0.257 e. The standard InChI is InChI=1S/C30H40F2N4O3/c1-29(32)10-14-36(20-29)26-19-23(5-7-27(26)39-21-31)34-28(38)24-6-4-22(33-13-2-3-17-37)18-25(24)35-15-11-30(8-9-30)12-16-35/h4-7,18-19,33,37H,2-3,8-17,20-21H2,1H3,(H,34,38). The number of ether oxygens (including phenoxy) is 1. The van der Waals surface area contributed by atoms with E-state index in [1.807, 2.05) is 17.0 Å². The third-order valence-corrected chi connectivity index (χ3v) is 8.47. The predicted octanol–water partition coefficient (Wildman–Crippen LogP) is 5.75. The number of benzene rings is 2. The fourth-order valence-electron chi connectivity index (χ4n) is 5.81. The number of carbonyl (C=O) groups is 1. The fourth-order valence-corrected chi connectivity index (χ4v) is 5.81. The Morgan fingerprint density at radius 3 is 2.36 bits per heavy atom. The van der Waals surface area contributed by atoms with Gasteiger partial charge in [0.25, 0.3) is 5.91 Å². The lowest BCUT2D eigenvalue weighted by molar-refractivity contribution is 0.102. The minimum absolute atomic E-state index is 0.176. The molecule has 2 heterocycles. The van der Waals surface area contributed by atoms with Crippen molar-refractivity contribution in [2.45, 2.75) is 57.5 Å². The Kier molecular flexibility index (Phi) is 8.16. The van der Waals surface area contributed by atoms with Crippen LogP contribution in [0.2, 0.25) is 0 Å². The maximum absolute atomic E-state index is 14.6. The molecule has 2 saturated heterocycles. The molecule has 3 fully saturated rings. The van der Waals surface area contributed by atoms with Crippen molar-refractivity contribution >= 4 is 28.7 Å². The van der Waals surface area contributed by atoms with Gasteiger partial charge in [-0.1, -0.05) is 0 Å². The summed E-state index contributed by atoms with van der Waals surface area (Å²) in [5.74, 6) is 0.0956. The molecule has 1 unspecified atom stereocenters. The van der Waals surface area contributed by atoms with Crippen molar-refractivity contribution in [3.05, 3.63) is 42.0 Å². The van der Waals surface area contributed by atoms with E-state index in [4.69, 9.17) is 9.84 Å². The zero-order valence-electron chi connectivity index (χ0n) is 22.8. The van der Waals surface area contributed by atoms with Crippen molar-refractivity contribution in [3.63, 3.8) is 0 Å². The van der Waals surface area contributed by atoms with Crippen LogP contribution in [-0.4, -0.2) is 62.9 Å². The van der Waals surface area contributed by atoms with Crippen molar-refractivity contribution in [1.29, 1.82) is 0 Å². The molecule has 1 amide bonds. The number of hydrogen-bond donors (Lipinski definition) is 3. The van der Waals surface area contributed by atoms with E-state index < -0.39 is 12.5 Å². The first-order valence-corrected chi connectivity index (χ1v) is 14.1. The Bertz CT molecular complexity index is 1160. The summed E-state index contributed by atoms with van der Waals surface area (Å²) in [5, 5.41) is 15.5. The number of unbranched alkanes of at least 4 members (excludes halogenated alkanes) is 1. The Morgan fingerprint density at radius 1 is 0.974 bits per heavy atom.